The first kappa shape index (κ1) is 24.7. The van der Waals surface area contributed by atoms with Crippen LogP contribution in [0.15, 0.2) is 45.7 Å². The van der Waals surface area contributed by atoms with Crippen LogP contribution >= 0.6 is 0 Å². The van der Waals surface area contributed by atoms with Gasteiger partial charge in [-0.2, -0.15) is 0 Å². The molecule has 8 nitrogen and oxygen atoms in total. The van der Waals surface area contributed by atoms with Crippen molar-refractivity contribution < 1.29 is 34.0 Å². The van der Waals surface area contributed by atoms with E-state index < -0.39 is 40.4 Å². The monoisotopic (exact) mass is 434 g/mol. The maximum absolute atomic E-state index is 12.9. The zero-order chi connectivity index (χ0) is 23.6. The maximum Gasteiger partial charge on any atom is 0.339 e. The predicted molar refractivity (Wildman–Crippen MR) is 115 cm³/mol. The number of Topliss-reactive ketones (excluding diaryl/α,β-unsaturated/α-hetero) is 1. The first-order valence-corrected chi connectivity index (χ1v) is 9.84. The molecule has 1 aliphatic heterocycles. The molecule has 170 valence electrons. The Morgan fingerprint density at radius 1 is 1.26 bits per heavy atom. The van der Waals surface area contributed by atoms with Crippen molar-refractivity contribution in [2.75, 3.05) is 7.11 Å². The van der Waals surface area contributed by atoms with E-state index in [9.17, 15) is 24.9 Å². The summed E-state index contributed by atoms with van der Waals surface area (Å²) < 4.78 is 15.8. The van der Waals surface area contributed by atoms with Crippen LogP contribution in [0.2, 0.25) is 0 Å². The molecule has 2 heterocycles. The lowest BCUT2D eigenvalue weighted by molar-refractivity contribution is -0.162. The number of methoxy groups -OCH3 is 1. The molecule has 3 N–H and O–H groups in total. The Balaban J connectivity index is 2.11. The predicted octanol–water partition coefficient (Wildman–Crippen LogP) is 1.69. The first-order valence-electron chi connectivity index (χ1n) is 9.84. The van der Waals surface area contributed by atoms with E-state index in [4.69, 9.17) is 13.9 Å². The summed E-state index contributed by atoms with van der Waals surface area (Å²) in [7, 11) is 1.46. The number of carbonyl (C=O) groups is 1. The number of hydrogen-bond donors (Lipinski definition) is 3. The Kier molecular flexibility index (Phi) is 7.12. The summed E-state index contributed by atoms with van der Waals surface area (Å²) in [5, 5.41) is 31.4. The number of ketones is 1. The van der Waals surface area contributed by atoms with E-state index in [0.717, 1.165) is 0 Å². The number of carbonyl (C=O) groups excluding carboxylic acids is 1. The Bertz CT molecular complexity index is 966. The fraction of sp³-hybridized carbons (Fsp3) is 0.478. The second kappa shape index (κ2) is 8.92. The summed E-state index contributed by atoms with van der Waals surface area (Å²) in [6, 6.07) is 1.26. The highest BCUT2D eigenvalue weighted by Crippen LogP contribution is 2.40. The molecule has 31 heavy (non-hydrogen) atoms. The summed E-state index contributed by atoms with van der Waals surface area (Å²) in [5.74, 6) is 0.000151. The van der Waals surface area contributed by atoms with Gasteiger partial charge in [0, 0.05) is 5.56 Å². The van der Waals surface area contributed by atoms with Gasteiger partial charge >= 0.3 is 5.63 Å². The van der Waals surface area contributed by atoms with Crippen molar-refractivity contribution in [3.05, 3.63) is 58.2 Å². The van der Waals surface area contributed by atoms with Crippen LogP contribution in [0.25, 0.3) is 6.08 Å². The lowest BCUT2D eigenvalue weighted by Crippen LogP contribution is -2.57. The molecular formula is C23H30O8. The Morgan fingerprint density at radius 2 is 1.87 bits per heavy atom. The molecule has 0 unspecified atom stereocenters. The van der Waals surface area contributed by atoms with Crippen molar-refractivity contribution in [3.63, 3.8) is 0 Å². The first-order chi connectivity index (χ1) is 14.3. The molecule has 0 bridgehead atoms. The average molecular weight is 434 g/mol. The van der Waals surface area contributed by atoms with Crippen LogP contribution in [0.3, 0.4) is 0 Å². The largest absolute Gasteiger partial charge is 0.496 e. The van der Waals surface area contributed by atoms with Gasteiger partial charge in [-0.3, -0.25) is 4.79 Å². The Labute approximate surface area is 181 Å². The highest BCUT2D eigenvalue weighted by atomic mass is 16.6. The topological polar surface area (TPSA) is 126 Å². The van der Waals surface area contributed by atoms with Crippen LogP contribution in [0, 0.1) is 6.92 Å². The molecule has 1 aromatic heterocycles. The van der Waals surface area contributed by atoms with Gasteiger partial charge in [0.1, 0.15) is 28.8 Å². The number of aliphatic hydroxyl groups excluding tert-OH is 1. The molecule has 5 atom stereocenters. The molecule has 0 aromatic carbocycles. The van der Waals surface area contributed by atoms with Crippen LogP contribution in [0.4, 0.5) is 0 Å². The highest BCUT2D eigenvalue weighted by molar-refractivity contribution is 5.96. The second-order valence-corrected chi connectivity index (χ2v) is 8.20. The van der Waals surface area contributed by atoms with Gasteiger partial charge in [0.15, 0.2) is 5.60 Å². The molecule has 1 saturated heterocycles. The molecule has 0 amide bonds. The molecule has 2 rings (SSSR count). The van der Waals surface area contributed by atoms with Crippen molar-refractivity contribution in [2.24, 2.45) is 0 Å². The minimum Gasteiger partial charge on any atom is -0.496 e. The minimum absolute atomic E-state index is 0.349. The van der Waals surface area contributed by atoms with Gasteiger partial charge in [-0.1, -0.05) is 24.3 Å². The molecule has 0 aliphatic carbocycles. The van der Waals surface area contributed by atoms with E-state index in [1.165, 1.54) is 46.1 Å². The quantitative estimate of drug-likeness (QED) is 0.554. The Hall–Kier alpha value is -2.52. The Morgan fingerprint density at radius 3 is 2.42 bits per heavy atom. The van der Waals surface area contributed by atoms with E-state index >= 15 is 0 Å². The summed E-state index contributed by atoms with van der Waals surface area (Å²) in [6.45, 7) is 7.32. The molecule has 0 radical (unpaired) electrons. The third-order valence-electron chi connectivity index (χ3n) is 5.65. The lowest BCUT2D eigenvalue weighted by atomic mass is 9.79. The van der Waals surface area contributed by atoms with Crippen molar-refractivity contribution in [1.82, 2.24) is 0 Å². The van der Waals surface area contributed by atoms with Crippen LogP contribution in [-0.2, 0) is 9.53 Å². The van der Waals surface area contributed by atoms with Gasteiger partial charge in [0.25, 0.3) is 0 Å². The average Bonchev–Trinajstić information content (AvgIpc) is 2.85. The van der Waals surface area contributed by atoms with Gasteiger partial charge in [-0.05, 0) is 46.8 Å². The van der Waals surface area contributed by atoms with Crippen molar-refractivity contribution >= 4 is 11.9 Å². The third kappa shape index (κ3) is 4.88. The van der Waals surface area contributed by atoms with E-state index in [0.29, 0.717) is 17.1 Å². The third-order valence-corrected chi connectivity index (χ3v) is 5.65. The van der Waals surface area contributed by atoms with Crippen LogP contribution < -0.4 is 10.4 Å². The second-order valence-electron chi connectivity index (χ2n) is 8.20. The molecular weight excluding hydrogens is 404 g/mol. The fourth-order valence-corrected chi connectivity index (χ4v) is 3.52. The highest BCUT2D eigenvalue weighted by Gasteiger charge is 2.62. The number of hydrogen-bond acceptors (Lipinski definition) is 8. The molecule has 1 aliphatic rings. The maximum atomic E-state index is 12.9. The van der Waals surface area contributed by atoms with E-state index in [1.54, 1.807) is 38.2 Å². The number of aliphatic hydroxyl groups is 3. The van der Waals surface area contributed by atoms with Gasteiger partial charge in [-0.15, -0.1) is 0 Å². The SMILES string of the molecule is COc1cc(=O)oc(/C=C/C=C/C=C/[C@@](C)(O)C(=O)[C@@]2(C)O[C@@H](C)[C@](C)(O)[C@H]2O)c1C. The molecule has 1 fully saturated rings. The van der Waals surface area contributed by atoms with Gasteiger partial charge in [-0.25, -0.2) is 4.79 Å². The van der Waals surface area contributed by atoms with E-state index in [1.807, 2.05) is 0 Å². The number of allylic oxidation sites excluding steroid dienone is 4. The smallest absolute Gasteiger partial charge is 0.339 e. The van der Waals surface area contributed by atoms with E-state index in [-0.39, 0.29) is 0 Å². The van der Waals surface area contributed by atoms with Crippen molar-refractivity contribution in [3.8, 4) is 5.75 Å². The van der Waals surface area contributed by atoms with Crippen LogP contribution in [0.1, 0.15) is 39.0 Å². The molecule has 1 aromatic rings. The summed E-state index contributed by atoms with van der Waals surface area (Å²) >= 11 is 0. The van der Waals surface area contributed by atoms with E-state index in [2.05, 4.69) is 0 Å². The minimum atomic E-state index is -1.94. The summed E-state index contributed by atoms with van der Waals surface area (Å²) in [4.78, 5) is 24.4. The molecule has 0 saturated carbocycles. The zero-order valence-electron chi connectivity index (χ0n) is 18.6. The molecule has 0 spiro atoms. The number of rotatable bonds is 7. The van der Waals surface area contributed by atoms with Gasteiger partial charge in [0.05, 0.1) is 19.3 Å². The van der Waals surface area contributed by atoms with Gasteiger partial charge < -0.3 is 29.2 Å². The summed E-state index contributed by atoms with van der Waals surface area (Å²) in [5.41, 5.74) is -5.19. The summed E-state index contributed by atoms with van der Waals surface area (Å²) in [6.07, 6.45) is 6.82. The van der Waals surface area contributed by atoms with Crippen molar-refractivity contribution in [2.45, 2.75) is 63.6 Å². The zero-order valence-corrected chi connectivity index (χ0v) is 18.6. The van der Waals surface area contributed by atoms with Crippen molar-refractivity contribution in [1.29, 1.82) is 0 Å². The van der Waals surface area contributed by atoms with Crippen LogP contribution in [-0.4, -0.2) is 57.2 Å². The standard InChI is InChI=1S/C23H30O8/c1-14-16(30-18(24)13-17(14)29-6)11-9-7-8-10-12-21(3,27)19(25)23(5)20(26)22(4,28)15(2)31-23/h7-13,15,20,26-28H,1-6H3/b8-7+,11-9+,12-10+/t15-,20+,21+,22-,23+/m0/s1. The number of ether oxygens (including phenoxy) is 2. The van der Waals surface area contributed by atoms with Crippen LogP contribution in [0.5, 0.6) is 5.75 Å². The normalized spacial score (nSPS) is 31.0. The van der Waals surface area contributed by atoms with Gasteiger partial charge in [0.2, 0.25) is 5.78 Å². The fourth-order valence-electron chi connectivity index (χ4n) is 3.52. The molecule has 8 heteroatoms. The lowest BCUT2D eigenvalue weighted by Gasteiger charge is -2.33.